The fourth-order valence-electron chi connectivity index (χ4n) is 4.56. The van der Waals surface area contributed by atoms with E-state index in [4.69, 9.17) is 9.47 Å². The van der Waals surface area contributed by atoms with E-state index in [0.717, 1.165) is 6.42 Å². The van der Waals surface area contributed by atoms with E-state index in [9.17, 15) is 4.79 Å². The summed E-state index contributed by atoms with van der Waals surface area (Å²) in [6.07, 6.45) is 1.09. The summed E-state index contributed by atoms with van der Waals surface area (Å²) in [6.45, 7) is 1.74. The van der Waals surface area contributed by atoms with Gasteiger partial charge in [-0.15, -0.1) is 0 Å². The van der Waals surface area contributed by atoms with E-state index in [1.54, 1.807) is 7.11 Å². The van der Waals surface area contributed by atoms with Gasteiger partial charge in [-0.2, -0.15) is 0 Å². The predicted molar refractivity (Wildman–Crippen MR) is 100 cm³/mol. The van der Waals surface area contributed by atoms with Crippen LogP contribution in [-0.2, 0) is 14.3 Å². The van der Waals surface area contributed by atoms with Crippen LogP contribution < -0.4 is 5.32 Å². The van der Waals surface area contributed by atoms with Crippen LogP contribution in [0.25, 0.3) is 0 Å². The molecule has 1 atom stereocenters. The van der Waals surface area contributed by atoms with Crippen molar-refractivity contribution in [2.45, 2.75) is 18.3 Å². The monoisotopic (exact) mass is 351 g/mol. The van der Waals surface area contributed by atoms with E-state index < -0.39 is 0 Å². The number of ether oxygens (including phenoxy) is 2. The van der Waals surface area contributed by atoms with Gasteiger partial charge in [-0.3, -0.25) is 4.79 Å². The number of hydrogen-bond acceptors (Lipinski definition) is 3. The van der Waals surface area contributed by atoms with Crippen LogP contribution >= 0.6 is 0 Å². The molecule has 2 bridgehead atoms. The van der Waals surface area contributed by atoms with E-state index in [0.29, 0.717) is 37.5 Å². The lowest BCUT2D eigenvalue weighted by molar-refractivity contribution is -0.126. The predicted octanol–water partition coefficient (Wildman–Crippen LogP) is 3.06. The van der Waals surface area contributed by atoms with Crippen LogP contribution in [0.2, 0.25) is 0 Å². The number of rotatable bonds is 7. The Morgan fingerprint density at radius 2 is 1.62 bits per heavy atom. The number of amides is 1. The van der Waals surface area contributed by atoms with Gasteiger partial charge >= 0.3 is 0 Å². The first kappa shape index (κ1) is 17.3. The molecule has 2 aromatic carbocycles. The number of carbonyl (C=O) groups is 1. The van der Waals surface area contributed by atoms with Crippen molar-refractivity contribution in [2.24, 2.45) is 5.92 Å². The Kier molecular flexibility index (Phi) is 5.05. The van der Waals surface area contributed by atoms with E-state index >= 15 is 0 Å². The molecule has 0 saturated carbocycles. The highest BCUT2D eigenvalue weighted by Gasteiger charge is 2.42. The molecule has 26 heavy (non-hydrogen) atoms. The molecule has 0 spiro atoms. The Balaban J connectivity index is 1.47. The maximum atomic E-state index is 12.1. The summed E-state index contributed by atoms with van der Waals surface area (Å²) in [6, 6.07) is 17.6. The van der Waals surface area contributed by atoms with Gasteiger partial charge in [0.15, 0.2) is 0 Å². The third kappa shape index (κ3) is 3.15. The zero-order chi connectivity index (χ0) is 17.9. The van der Waals surface area contributed by atoms with Gasteiger partial charge in [0.1, 0.15) is 6.61 Å². The molecule has 0 aliphatic heterocycles. The molecule has 3 aliphatic rings. The Bertz CT molecular complexity index is 741. The van der Waals surface area contributed by atoms with Crippen LogP contribution in [0.5, 0.6) is 0 Å². The normalized spacial score (nSPS) is 22.6. The lowest BCUT2D eigenvalue weighted by Gasteiger charge is -2.45. The molecule has 5 rings (SSSR count). The first-order chi connectivity index (χ1) is 12.8. The minimum absolute atomic E-state index is 0.0517. The van der Waals surface area contributed by atoms with Crippen LogP contribution in [0, 0.1) is 5.92 Å². The van der Waals surface area contributed by atoms with Crippen LogP contribution in [0.4, 0.5) is 0 Å². The van der Waals surface area contributed by atoms with Gasteiger partial charge in [0.05, 0.1) is 13.2 Å². The van der Waals surface area contributed by atoms with Gasteiger partial charge in [0.2, 0.25) is 5.91 Å². The zero-order valence-corrected chi connectivity index (χ0v) is 15.1. The van der Waals surface area contributed by atoms with Gasteiger partial charge in [-0.05, 0) is 34.6 Å². The van der Waals surface area contributed by atoms with Crippen LogP contribution in [0.15, 0.2) is 48.5 Å². The zero-order valence-electron chi connectivity index (χ0n) is 15.1. The molecule has 3 aliphatic carbocycles. The number of nitrogens with one attached hydrogen (secondary N) is 1. The molecule has 0 fully saturated rings. The summed E-state index contributed by atoms with van der Waals surface area (Å²) < 4.78 is 10.2. The Morgan fingerprint density at radius 1 is 1.00 bits per heavy atom. The highest BCUT2D eigenvalue weighted by Crippen LogP contribution is 2.54. The second-order valence-electron chi connectivity index (χ2n) is 7.13. The quantitative estimate of drug-likeness (QED) is 0.780. The van der Waals surface area contributed by atoms with Gasteiger partial charge in [0.25, 0.3) is 0 Å². The first-order valence-electron chi connectivity index (χ1n) is 9.30. The molecule has 4 nitrogen and oxygen atoms in total. The maximum absolute atomic E-state index is 12.1. The molecule has 2 aromatic rings. The van der Waals surface area contributed by atoms with Crippen molar-refractivity contribution in [1.82, 2.24) is 5.32 Å². The minimum Gasteiger partial charge on any atom is -0.382 e. The van der Waals surface area contributed by atoms with E-state index in [1.807, 2.05) is 0 Å². The lowest BCUT2D eigenvalue weighted by Crippen LogP contribution is -2.40. The average Bonchev–Trinajstić information content (AvgIpc) is 2.70. The summed E-state index contributed by atoms with van der Waals surface area (Å²) >= 11 is 0. The largest absolute Gasteiger partial charge is 0.382 e. The Morgan fingerprint density at radius 3 is 2.23 bits per heavy atom. The number of benzene rings is 2. The van der Waals surface area contributed by atoms with E-state index in [1.165, 1.54) is 22.3 Å². The Hall–Kier alpha value is -2.17. The number of fused-ring (bicyclic) bond motifs is 1. The number of hydrogen-bond donors (Lipinski definition) is 1. The smallest absolute Gasteiger partial charge is 0.246 e. The third-order valence-electron chi connectivity index (χ3n) is 5.65. The lowest BCUT2D eigenvalue weighted by atomic mass is 9.59. The summed E-state index contributed by atoms with van der Waals surface area (Å²) in [5.41, 5.74) is 5.78. The molecule has 0 aromatic heterocycles. The molecule has 136 valence electrons. The van der Waals surface area contributed by atoms with Gasteiger partial charge in [-0.1, -0.05) is 48.5 Å². The third-order valence-corrected chi connectivity index (χ3v) is 5.65. The molecular weight excluding hydrogens is 326 g/mol. The average molecular weight is 351 g/mol. The van der Waals surface area contributed by atoms with Crippen molar-refractivity contribution in [3.8, 4) is 0 Å². The van der Waals surface area contributed by atoms with Crippen LogP contribution in [0.3, 0.4) is 0 Å². The van der Waals surface area contributed by atoms with Gasteiger partial charge in [0, 0.05) is 25.5 Å². The summed E-state index contributed by atoms with van der Waals surface area (Å²) in [4.78, 5) is 12.1. The molecule has 0 heterocycles. The maximum Gasteiger partial charge on any atom is 0.246 e. The van der Waals surface area contributed by atoms with Crippen molar-refractivity contribution < 1.29 is 14.3 Å². The molecular formula is C22H25NO3. The SMILES string of the molecule is COCCOCC(=O)NCC1CC2c3ccccc3C1c1ccccc12. The molecule has 0 radical (unpaired) electrons. The highest BCUT2D eigenvalue weighted by molar-refractivity contribution is 5.77. The standard InChI is InChI=1S/C22H25NO3/c1-25-10-11-26-14-21(24)23-13-15-12-20-16-6-2-4-8-18(16)22(15)19-9-5-3-7-17(19)20/h2-9,15,20,22H,10-14H2,1H3,(H,23,24). The molecule has 0 saturated heterocycles. The topological polar surface area (TPSA) is 47.6 Å². The van der Waals surface area contributed by atoms with Gasteiger partial charge < -0.3 is 14.8 Å². The van der Waals surface area contributed by atoms with Crippen molar-refractivity contribution in [1.29, 1.82) is 0 Å². The Labute approximate surface area is 154 Å². The fraction of sp³-hybridized carbons (Fsp3) is 0.409. The minimum atomic E-state index is -0.0517. The van der Waals surface area contributed by atoms with Crippen molar-refractivity contribution in [3.63, 3.8) is 0 Å². The van der Waals surface area contributed by atoms with Crippen molar-refractivity contribution in [3.05, 3.63) is 70.8 Å². The fourth-order valence-corrected chi connectivity index (χ4v) is 4.56. The first-order valence-corrected chi connectivity index (χ1v) is 9.30. The molecule has 1 N–H and O–H groups in total. The van der Waals surface area contributed by atoms with E-state index in [2.05, 4.69) is 53.8 Å². The number of methoxy groups -OCH3 is 1. The van der Waals surface area contributed by atoms with E-state index in [-0.39, 0.29) is 12.5 Å². The highest BCUT2D eigenvalue weighted by atomic mass is 16.5. The molecule has 1 amide bonds. The second kappa shape index (κ2) is 7.60. The molecule has 1 unspecified atom stereocenters. The van der Waals surface area contributed by atoms with Crippen LogP contribution in [0.1, 0.15) is 40.5 Å². The number of carbonyl (C=O) groups excluding carboxylic acids is 1. The van der Waals surface area contributed by atoms with Crippen molar-refractivity contribution >= 4 is 5.91 Å². The van der Waals surface area contributed by atoms with Crippen LogP contribution in [-0.4, -0.2) is 39.4 Å². The molecule has 4 heteroatoms. The van der Waals surface area contributed by atoms with Gasteiger partial charge in [-0.25, -0.2) is 0 Å². The summed E-state index contributed by atoms with van der Waals surface area (Å²) in [7, 11) is 1.62. The second-order valence-corrected chi connectivity index (χ2v) is 7.13. The summed E-state index contributed by atoms with van der Waals surface area (Å²) in [5, 5.41) is 3.07. The summed E-state index contributed by atoms with van der Waals surface area (Å²) in [5.74, 6) is 1.17. The van der Waals surface area contributed by atoms with Crippen molar-refractivity contribution in [2.75, 3.05) is 33.5 Å².